The third-order valence-corrected chi connectivity index (χ3v) is 4.57. The van der Waals surface area contributed by atoms with E-state index in [4.69, 9.17) is 0 Å². The molecule has 1 fully saturated rings. The molecule has 1 atom stereocenters. The van der Waals surface area contributed by atoms with Gasteiger partial charge in [0.05, 0.1) is 5.69 Å². The van der Waals surface area contributed by atoms with Gasteiger partial charge < -0.3 is 10.2 Å². The van der Waals surface area contributed by atoms with Crippen LogP contribution in [0, 0.1) is 5.92 Å². The molecule has 0 bridgehead atoms. The van der Waals surface area contributed by atoms with Gasteiger partial charge in [-0.15, -0.1) is 0 Å². The van der Waals surface area contributed by atoms with Crippen LogP contribution in [0.4, 0.5) is 5.69 Å². The zero-order valence-electron chi connectivity index (χ0n) is 10.0. The maximum absolute atomic E-state index is 3.58. The second-order valence-electron chi connectivity index (χ2n) is 4.75. The minimum Gasteiger partial charge on any atom is -0.383 e. The van der Waals surface area contributed by atoms with Gasteiger partial charge in [0.2, 0.25) is 0 Å². The Labute approximate surface area is 120 Å². The van der Waals surface area contributed by atoms with Crippen molar-refractivity contribution < 1.29 is 0 Å². The standard InChI is InChI=1S/C13H18Br2N2/c1-17-7-3-4-10(9-17)8-16-13-11(14)5-2-6-12(13)15/h2,5-6,10,16H,3-4,7-9H2,1H3. The SMILES string of the molecule is CN1CCCC(CNc2c(Br)cccc2Br)C1. The van der Waals surface area contributed by atoms with Crippen LogP contribution in [0.15, 0.2) is 27.1 Å². The van der Waals surface area contributed by atoms with Crippen LogP contribution in [0.25, 0.3) is 0 Å². The van der Waals surface area contributed by atoms with Gasteiger partial charge in [-0.3, -0.25) is 0 Å². The van der Waals surface area contributed by atoms with Crippen molar-refractivity contribution in [2.45, 2.75) is 12.8 Å². The molecule has 1 saturated heterocycles. The molecule has 2 nitrogen and oxygen atoms in total. The van der Waals surface area contributed by atoms with Gasteiger partial charge in [-0.25, -0.2) is 0 Å². The molecule has 1 aliphatic rings. The summed E-state index contributed by atoms with van der Waals surface area (Å²) in [4.78, 5) is 2.42. The molecule has 0 spiro atoms. The summed E-state index contributed by atoms with van der Waals surface area (Å²) >= 11 is 7.16. The van der Waals surface area contributed by atoms with E-state index in [2.05, 4.69) is 61.3 Å². The number of rotatable bonds is 3. The minimum absolute atomic E-state index is 0.757. The van der Waals surface area contributed by atoms with E-state index < -0.39 is 0 Å². The first-order valence-electron chi connectivity index (χ1n) is 6.03. The molecule has 0 saturated carbocycles. The van der Waals surface area contributed by atoms with Gasteiger partial charge in [-0.05, 0) is 76.3 Å². The van der Waals surface area contributed by atoms with Crippen LogP contribution in [0.1, 0.15) is 12.8 Å². The topological polar surface area (TPSA) is 15.3 Å². The Kier molecular flexibility index (Phi) is 4.88. The summed E-state index contributed by atoms with van der Waals surface area (Å²) in [6, 6.07) is 6.17. The molecule has 1 aliphatic heterocycles. The van der Waals surface area contributed by atoms with Crippen molar-refractivity contribution in [2.75, 3.05) is 32.0 Å². The van der Waals surface area contributed by atoms with E-state index in [1.54, 1.807) is 0 Å². The number of hydrogen-bond acceptors (Lipinski definition) is 2. The van der Waals surface area contributed by atoms with E-state index in [0.717, 1.165) is 21.4 Å². The minimum atomic E-state index is 0.757. The number of nitrogens with one attached hydrogen (secondary N) is 1. The van der Waals surface area contributed by atoms with E-state index in [1.807, 2.05) is 6.07 Å². The first-order chi connectivity index (χ1) is 8.16. The van der Waals surface area contributed by atoms with E-state index in [-0.39, 0.29) is 0 Å². The highest BCUT2D eigenvalue weighted by Crippen LogP contribution is 2.31. The van der Waals surface area contributed by atoms with E-state index in [9.17, 15) is 0 Å². The third-order valence-electron chi connectivity index (χ3n) is 3.25. The summed E-state index contributed by atoms with van der Waals surface area (Å²) < 4.78 is 2.24. The number of piperidine rings is 1. The molecule has 0 amide bonds. The summed E-state index contributed by atoms with van der Waals surface area (Å²) in [5.74, 6) is 0.757. The van der Waals surface area contributed by atoms with Gasteiger partial charge in [-0.2, -0.15) is 0 Å². The first-order valence-corrected chi connectivity index (χ1v) is 7.62. The van der Waals surface area contributed by atoms with Gasteiger partial charge in [0.25, 0.3) is 0 Å². The van der Waals surface area contributed by atoms with Gasteiger partial charge in [0.1, 0.15) is 0 Å². The largest absolute Gasteiger partial charge is 0.383 e. The van der Waals surface area contributed by atoms with Crippen molar-refractivity contribution in [3.05, 3.63) is 27.1 Å². The van der Waals surface area contributed by atoms with Gasteiger partial charge in [0.15, 0.2) is 0 Å². The maximum Gasteiger partial charge on any atom is 0.0629 e. The molecule has 2 rings (SSSR count). The van der Waals surface area contributed by atoms with Crippen molar-refractivity contribution >= 4 is 37.5 Å². The number of likely N-dealkylation sites (tertiary alicyclic amines) is 1. The fourth-order valence-corrected chi connectivity index (χ4v) is 3.63. The average Bonchev–Trinajstić information content (AvgIpc) is 2.28. The number of anilines is 1. The zero-order chi connectivity index (χ0) is 12.3. The van der Waals surface area contributed by atoms with Crippen molar-refractivity contribution in [1.82, 2.24) is 4.90 Å². The highest BCUT2D eigenvalue weighted by atomic mass is 79.9. The molecular formula is C13H18Br2N2. The Balaban J connectivity index is 1.93. The van der Waals surface area contributed by atoms with Crippen molar-refractivity contribution in [3.8, 4) is 0 Å². The van der Waals surface area contributed by atoms with Crippen LogP contribution in [-0.2, 0) is 0 Å². The van der Waals surface area contributed by atoms with Crippen LogP contribution in [0.5, 0.6) is 0 Å². The van der Waals surface area contributed by atoms with E-state index in [1.165, 1.54) is 31.6 Å². The molecular weight excluding hydrogens is 344 g/mol. The quantitative estimate of drug-likeness (QED) is 0.876. The number of benzene rings is 1. The van der Waals surface area contributed by atoms with Gasteiger partial charge >= 0.3 is 0 Å². The predicted molar refractivity (Wildman–Crippen MR) is 80.6 cm³/mol. The van der Waals surface area contributed by atoms with Crippen LogP contribution < -0.4 is 5.32 Å². The molecule has 1 N–H and O–H groups in total. The number of nitrogens with zero attached hydrogens (tertiary/aromatic N) is 1. The summed E-state index contributed by atoms with van der Waals surface area (Å²) in [6.07, 6.45) is 2.65. The van der Waals surface area contributed by atoms with Crippen LogP contribution in [0.2, 0.25) is 0 Å². The molecule has 17 heavy (non-hydrogen) atoms. The van der Waals surface area contributed by atoms with Crippen LogP contribution >= 0.6 is 31.9 Å². The second kappa shape index (κ2) is 6.21. The Bertz CT molecular complexity index is 361. The Morgan fingerprint density at radius 2 is 2.06 bits per heavy atom. The van der Waals surface area contributed by atoms with E-state index >= 15 is 0 Å². The monoisotopic (exact) mass is 360 g/mol. The number of para-hydroxylation sites is 1. The van der Waals surface area contributed by atoms with Gasteiger partial charge in [0, 0.05) is 22.0 Å². The molecule has 1 heterocycles. The normalized spacial score (nSPS) is 21.5. The van der Waals surface area contributed by atoms with Crippen LogP contribution in [0.3, 0.4) is 0 Å². The molecule has 1 aromatic rings. The van der Waals surface area contributed by atoms with Crippen molar-refractivity contribution in [2.24, 2.45) is 5.92 Å². The molecule has 94 valence electrons. The third kappa shape index (κ3) is 3.70. The Hall–Kier alpha value is -0.0600. The number of hydrogen-bond donors (Lipinski definition) is 1. The molecule has 0 aliphatic carbocycles. The van der Waals surface area contributed by atoms with Gasteiger partial charge in [-0.1, -0.05) is 6.07 Å². The van der Waals surface area contributed by atoms with Crippen molar-refractivity contribution in [1.29, 1.82) is 0 Å². The highest BCUT2D eigenvalue weighted by molar-refractivity contribution is 9.11. The summed E-state index contributed by atoms with van der Waals surface area (Å²) in [7, 11) is 2.21. The zero-order valence-corrected chi connectivity index (χ0v) is 13.2. The predicted octanol–water partition coefficient (Wildman–Crippen LogP) is 3.97. The van der Waals surface area contributed by atoms with Crippen LogP contribution in [-0.4, -0.2) is 31.6 Å². The Morgan fingerprint density at radius 1 is 1.35 bits per heavy atom. The molecule has 1 aromatic carbocycles. The van der Waals surface area contributed by atoms with Crippen molar-refractivity contribution in [3.63, 3.8) is 0 Å². The molecule has 0 radical (unpaired) electrons. The lowest BCUT2D eigenvalue weighted by molar-refractivity contribution is 0.217. The second-order valence-corrected chi connectivity index (χ2v) is 6.46. The fraction of sp³-hybridized carbons (Fsp3) is 0.538. The molecule has 1 unspecified atom stereocenters. The first kappa shape index (κ1) is 13.4. The lowest BCUT2D eigenvalue weighted by Crippen LogP contribution is -2.35. The summed E-state index contributed by atoms with van der Waals surface area (Å²) in [6.45, 7) is 3.50. The smallest absolute Gasteiger partial charge is 0.0629 e. The molecule has 4 heteroatoms. The highest BCUT2D eigenvalue weighted by Gasteiger charge is 2.17. The average molecular weight is 362 g/mol. The van der Waals surface area contributed by atoms with E-state index in [0.29, 0.717) is 0 Å². The lowest BCUT2D eigenvalue weighted by Gasteiger charge is -2.30. The number of halogens is 2. The summed E-state index contributed by atoms with van der Waals surface area (Å²) in [5.41, 5.74) is 1.17. The lowest BCUT2D eigenvalue weighted by atomic mass is 9.98. The fourth-order valence-electron chi connectivity index (χ4n) is 2.35. The molecule has 0 aromatic heterocycles. The summed E-state index contributed by atoms with van der Waals surface area (Å²) in [5, 5.41) is 3.55. The Morgan fingerprint density at radius 3 is 2.71 bits per heavy atom. The maximum atomic E-state index is 3.58.